The van der Waals surface area contributed by atoms with E-state index in [0.717, 1.165) is 46.6 Å². The van der Waals surface area contributed by atoms with E-state index in [2.05, 4.69) is 27.1 Å². The van der Waals surface area contributed by atoms with Gasteiger partial charge < -0.3 is 9.80 Å². The van der Waals surface area contributed by atoms with Gasteiger partial charge in [-0.15, -0.1) is 10.2 Å². The summed E-state index contributed by atoms with van der Waals surface area (Å²) in [7, 11) is 0. The number of carbonyl (C=O) groups excluding carboxylic acids is 1. The summed E-state index contributed by atoms with van der Waals surface area (Å²) >= 11 is 0. The van der Waals surface area contributed by atoms with Gasteiger partial charge in [0, 0.05) is 37.4 Å². The summed E-state index contributed by atoms with van der Waals surface area (Å²) in [5.41, 5.74) is 4.01. The van der Waals surface area contributed by atoms with Gasteiger partial charge in [0.25, 0.3) is 5.91 Å². The van der Waals surface area contributed by atoms with Crippen LogP contribution >= 0.6 is 0 Å². The highest BCUT2D eigenvalue weighted by Crippen LogP contribution is 2.22. The predicted octanol–water partition coefficient (Wildman–Crippen LogP) is 3.70. The van der Waals surface area contributed by atoms with Crippen LogP contribution in [0.15, 0.2) is 54.6 Å². The summed E-state index contributed by atoms with van der Waals surface area (Å²) in [6.45, 7) is 8.86. The number of hydrogen-bond donors (Lipinski definition) is 0. The maximum absolute atomic E-state index is 13.2. The van der Waals surface area contributed by atoms with E-state index in [-0.39, 0.29) is 5.91 Å². The SMILES string of the molecule is Cc1nn(-c2ccc(N3CCN(C(=O)c4cccc5ccccc45)CC3)nn2)c(C)c1C. The third kappa shape index (κ3) is 3.49. The Morgan fingerprint density at radius 3 is 2.19 bits per heavy atom. The van der Waals surface area contributed by atoms with Gasteiger partial charge in [0.1, 0.15) is 0 Å². The molecule has 5 rings (SSSR count). The highest BCUT2D eigenvalue weighted by atomic mass is 16.2. The number of nitrogens with zero attached hydrogens (tertiary/aromatic N) is 6. The van der Waals surface area contributed by atoms with Crippen molar-refractivity contribution in [2.45, 2.75) is 20.8 Å². The van der Waals surface area contributed by atoms with Crippen LogP contribution < -0.4 is 4.90 Å². The molecule has 0 unspecified atom stereocenters. The minimum absolute atomic E-state index is 0.0859. The zero-order valence-corrected chi connectivity index (χ0v) is 18.6. The van der Waals surface area contributed by atoms with Gasteiger partial charge in [0.15, 0.2) is 11.6 Å². The highest BCUT2D eigenvalue weighted by Gasteiger charge is 2.24. The molecule has 7 nitrogen and oxygen atoms in total. The molecule has 1 aliphatic rings. The van der Waals surface area contributed by atoms with Crippen LogP contribution in [0.2, 0.25) is 0 Å². The summed E-state index contributed by atoms with van der Waals surface area (Å²) in [5.74, 6) is 1.62. The van der Waals surface area contributed by atoms with E-state index in [9.17, 15) is 4.79 Å². The fourth-order valence-electron chi connectivity index (χ4n) is 4.26. The van der Waals surface area contributed by atoms with Crippen molar-refractivity contribution in [2.24, 2.45) is 0 Å². The van der Waals surface area contributed by atoms with Crippen LogP contribution in [-0.2, 0) is 0 Å². The van der Waals surface area contributed by atoms with Gasteiger partial charge in [0.05, 0.1) is 5.69 Å². The van der Waals surface area contributed by atoms with Gasteiger partial charge in [-0.05, 0) is 55.3 Å². The maximum Gasteiger partial charge on any atom is 0.254 e. The number of benzene rings is 2. The minimum Gasteiger partial charge on any atom is -0.352 e. The molecule has 0 radical (unpaired) electrons. The van der Waals surface area contributed by atoms with Crippen LogP contribution in [-0.4, -0.2) is 57.0 Å². The second kappa shape index (κ2) is 8.07. The number of aryl methyl sites for hydroxylation is 1. The van der Waals surface area contributed by atoms with Crippen LogP contribution in [0.25, 0.3) is 16.6 Å². The molecule has 32 heavy (non-hydrogen) atoms. The average molecular weight is 427 g/mol. The standard InChI is InChI=1S/C25H26N6O/c1-17-18(2)28-31(19(17)3)24-12-11-23(26-27-24)29-13-15-30(16-14-29)25(32)22-10-6-8-20-7-4-5-9-21(20)22/h4-12H,13-16H2,1-3H3. The smallest absolute Gasteiger partial charge is 0.254 e. The number of rotatable bonds is 3. The average Bonchev–Trinajstić information content (AvgIpc) is 3.10. The fourth-order valence-corrected chi connectivity index (χ4v) is 4.26. The van der Waals surface area contributed by atoms with Crippen LogP contribution in [0.5, 0.6) is 0 Å². The molecule has 0 aliphatic carbocycles. The molecule has 4 aromatic rings. The van der Waals surface area contributed by atoms with Crippen molar-refractivity contribution in [1.82, 2.24) is 24.9 Å². The normalized spacial score (nSPS) is 14.2. The molecule has 0 atom stereocenters. The van der Waals surface area contributed by atoms with Crippen molar-refractivity contribution in [1.29, 1.82) is 0 Å². The monoisotopic (exact) mass is 426 g/mol. The first-order valence-electron chi connectivity index (χ1n) is 10.9. The molecule has 2 aromatic carbocycles. The van der Waals surface area contributed by atoms with E-state index in [4.69, 9.17) is 0 Å². The zero-order chi connectivity index (χ0) is 22.2. The largest absolute Gasteiger partial charge is 0.352 e. The highest BCUT2D eigenvalue weighted by molar-refractivity contribution is 6.07. The number of anilines is 1. The van der Waals surface area contributed by atoms with Crippen LogP contribution in [0.1, 0.15) is 27.3 Å². The van der Waals surface area contributed by atoms with Crippen LogP contribution in [0, 0.1) is 20.8 Å². The van der Waals surface area contributed by atoms with E-state index in [1.165, 1.54) is 5.56 Å². The molecule has 1 fully saturated rings. The molecule has 1 amide bonds. The summed E-state index contributed by atoms with van der Waals surface area (Å²) in [6.07, 6.45) is 0. The van der Waals surface area contributed by atoms with Crippen molar-refractivity contribution in [3.63, 3.8) is 0 Å². The Morgan fingerprint density at radius 2 is 1.50 bits per heavy atom. The zero-order valence-electron chi connectivity index (χ0n) is 18.6. The maximum atomic E-state index is 13.2. The van der Waals surface area contributed by atoms with Crippen molar-refractivity contribution in [3.05, 3.63) is 77.1 Å². The molecule has 2 aromatic heterocycles. The lowest BCUT2D eigenvalue weighted by Gasteiger charge is -2.35. The number of carbonyl (C=O) groups is 1. The first-order valence-corrected chi connectivity index (χ1v) is 10.9. The quantitative estimate of drug-likeness (QED) is 0.500. The number of fused-ring (bicyclic) bond motifs is 1. The Hall–Kier alpha value is -3.74. The molecule has 162 valence electrons. The van der Waals surface area contributed by atoms with Crippen molar-refractivity contribution in [2.75, 3.05) is 31.1 Å². The lowest BCUT2D eigenvalue weighted by molar-refractivity contribution is 0.0748. The number of amides is 1. The summed E-state index contributed by atoms with van der Waals surface area (Å²) < 4.78 is 1.84. The second-order valence-corrected chi connectivity index (χ2v) is 8.26. The van der Waals surface area contributed by atoms with E-state index in [1.807, 2.05) is 78.0 Å². The lowest BCUT2D eigenvalue weighted by Crippen LogP contribution is -2.49. The molecule has 1 aliphatic heterocycles. The molecule has 0 spiro atoms. The predicted molar refractivity (Wildman–Crippen MR) is 125 cm³/mol. The second-order valence-electron chi connectivity index (χ2n) is 8.26. The van der Waals surface area contributed by atoms with Gasteiger partial charge in [-0.3, -0.25) is 4.79 Å². The minimum atomic E-state index is 0.0859. The fraction of sp³-hybridized carbons (Fsp3) is 0.280. The molecule has 1 saturated heterocycles. The molecule has 0 saturated carbocycles. The van der Waals surface area contributed by atoms with Gasteiger partial charge in [-0.25, -0.2) is 4.68 Å². The molecule has 7 heteroatoms. The number of aromatic nitrogens is 4. The van der Waals surface area contributed by atoms with Gasteiger partial charge >= 0.3 is 0 Å². The van der Waals surface area contributed by atoms with Crippen molar-refractivity contribution >= 4 is 22.5 Å². The van der Waals surface area contributed by atoms with E-state index in [1.54, 1.807) is 0 Å². The van der Waals surface area contributed by atoms with Gasteiger partial charge in [-0.2, -0.15) is 5.10 Å². The topological polar surface area (TPSA) is 67.2 Å². The molecule has 0 N–H and O–H groups in total. The third-order valence-corrected chi connectivity index (χ3v) is 6.42. The Morgan fingerprint density at radius 1 is 0.812 bits per heavy atom. The van der Waals surface area contributed by atoms with Crippen molar-refractivity contribution < 1.29 is 4.79 Å². The summed E-state index contributed by atoms with van der Waals surface area (Å²) in [4.78, 5) is 17.3. The lowest BCUT2D eigenvalue weighted by atomic mass is 10.0. The molecular weight excluding hydrogens is 400 g/mol. The Balaban J connectivity index is 1.28. The molecular formula is C25H26N6O. The van der Waals surface area contributed by atoms with Crippen LogP contribution in [0.3, 0.4) is 0 Å². The Labute approximate surface area is 187 Å². The van der Waals surface area contributed by atoms with E-state index in [0.29, 0.717) is 18.9 Å². The number of piperazine rings is 1. The molecule has 3 heterocycles. The van der Waals surface area contributed by atoms with Gasteiger partial charge in [-0.1, -0.05) is 36.4 Å². The van der Waals surface area contributed by atoms with E-state index >= 15 is 0 Å². The first kappa shape index (κ1) is 20.2. The van der Waals surface area contributed by atoms with Gasteiger partial charge in [0.2, 0.25) is 0 Å². The van der Waals surface area contributed by atoms with E-state index < -0.39 is 0 Å². The van der Waals surface area contributed by atoms with Crippen molar-refractivity contribution in [3.8, 4) is 5.82 Å². The Kier molecular flexibility index (Phi) is 5.09. The Bertz CT molecular complexity index is 1280. The summed E-state index contributed by atoms with van der Waals surface area (Å²) in [6, 6.07) is 17.9. The molecule has 0 bridgehead atoms. The third-order valence-electron chi connectivity index (χ3n) is 6.42. The number of hydrogen-bond acceptors (Lipinski definition) is 5. The van der Waals surface area contributed by atoms with Crippen LogP contribution in [0.4, 0.5) is 5.82 Å². The first-order chi connectivity index (χ1) is 15.5. The summed E-state index contributed by atoms with van der Waals surface area (Å²) in [5, 5.41) is 15.5.